The van der Waals surface area contributed by atoms with E-state index in [-0.39, 0.29) is 34.8 Å². The highest BCUT2D eigenvalue weighted by Crippen LogP contribution is 2.45. The fourth-order valence-electron chi connectivity index (χ4n) is 6.04. The van der Waals surface area contributed by atoms with Crippen molar-refractivity contribution in [1.29, 1.82) is 0 Å². The first-order valence-corrected chi connectivity index (χ1v) is 15.5. The number of amides is 2. The van der Waals surface area contributed by atoms with E-state index in [4.69, 9.17) is 10.7 Å². The first-order valence-electron chi connectivity index (χ1n) is 13.8. The molecule has 2 atom stereocenters. The van der Waals surface area contributed by atoms with Crippen molar-refractivity contribution in [3.05, 3.63) is 89.0 Å². The number of sulfone groups is 1. The Morgan fingerprint density at radius 3 is 2.41 bits per heavy atom. The number of benzene rings is 2. The van der Waals surface area contributed by atoms with Crippen LogP contribution in [0.3, 0.4) is 0 Å². The highest BCUT2D eigenvalue weighted by Gasteiger charge is 2.52. The van der Waals surface area contributed by atoms with E-state index in [1.165, 1.54) is 17.0 Å². The van der Waals surface area contributed by atoms with Crippen molar-refractivity contribution >= 4 is 27.6 Å². The number of carbonyl (C=O) groups excluding carboxylic acids is 2. The molecule has 1 aromatic heterocycles. The molecule has 11 heteroatoms. The number of rotatable bonds is 6. The summed E-state index contributed by atoms with van der Waals surface area (Å²) in [5.41, 5.74) is 8.26. The van der Waals surface area contributed by atoms with Crippen molar-refractivity contribution in [3.8, 4) is 0 Å². The Morgan fingerprint density at radius 2 is 1.76 bits per heavy atom. The third-order valence-electron chi connectivity index (χ3n) is 8.21. The van der Waals surface area contributed by atoms with Gasteiger partial charge in [0.05, 0.1) is 41.2 Å². The zero-order chi connectivity index (χ0) is 28.9. The Bertz CT molecular complexity index is 1650. The molecule has 0 spiro atoms. The van der Waals surface area contributed by atoms with Gasteiger partial charge in [0.25, 0.3) is 11.8 Å². The van der Waals surface area contributed by atoms with Crippen LogP contribution in [0.1, 0.15) is 72.0 Å². The molecule has 0 fully saturated rings. The van der Waals surface area contributed by atoms with Gasteiger partial charge < -0.3 is 10.6 Å². The molecule has 2 N–H and O–H groups in total. The normalized spacial score (nSPS) is 23.0. The van der Waals surface area contributed by atoms with Gasteiger partial charge >= 0.3 is 0 Å². The van der Waals surface area contributed by atoms with Crippen molar-refractivity contribution < 1.29 is 18.0 Å². The van der Waals surface area contributed by atoms with Gasteiger partial charge in [0.2, 0.25) is 0 Å². The second-order valence-electron chi connectivity index (χ2n) is 11.3. The number of nitrogens with zero attached hydrogens (tertiary/aromatic N) is 5. The molecule has 0 saturated carbocycles. The van der Waals surface area contributed by atoms with Crippen LogP contribution in [0.5, 0.6) is 0 Å². The number of aliphatic imine (C=N–C) groups is 1. The fraction of sp³-hybridized carbons (Fsp3) is 0.367. The highest BCUT2D eigenvalue weighted by atomic mass is 32.2. The van der Waals surface area contributed by atoms with Crippen LogP contribution >= 0.6 is 0 Å². The molecule has 0 bridgehead atoms. The van der Waals surface area contributed by atoms with E-state index in [9.17, 15) is 18.0 Å². The molecule has 212 valence electrons. The first kappa shape index (κ1) is 27.1. The molecule has 6 rings (SSSR count). The smallest absolute Gasteiger partial charge is 0.262 e. The van der Waals surface area contributed by atoms with Crippen LogP contribution in [-0.2, 0) is 33.3 Å². The standard InChI is InChI=1S/C30H32N6O4S/c1-19(2)10-12-30(21-6-4-3-5-7-21)28(38)36(29(31)34-30)25-11-15-41(39,40)26-9-8-20(16-22(25)26)27(37)35-17-23-24(18-35)33-14-13-32-23/h3-9,13-14,16,19,25H,10-12,15,17-18H2,1-2H3,(H2,31,34)/t25-,30-/m1/s1. The summed E-state index contributed by atoms with van der Waals surface area (Å²) in [6.07, 6.45) is 4.56. The summed E-state index contributed by atoms with van der Waals surface area (Å²) < 4.78 is 26.3. The maximum absolute atomic E-state index is 14.4. The second-order valence-corrected chi connectivity index (χ2v) is 13.4. The largest absolute Gasteiger partial charge is 0.369 e. The number of nitrogens with two attached hydrogens (primary N) is 1. The van der Waals surface area contributed by atoms with Gasteiger partial charge in [-0.1, -0.05) is 44.2 Å². The van der Waals surface area contributed by atoms with Gasteiger partial charge in [-0.3, -0.25) is 24.5 Å². The molecule has 3 aliphatic rings. The van der Waals surface area contributed by atoms with Crippen LogP contribution in [0.2, 0.25) is 0 Å². The first-order chi connectivity index (χ1) is 19.6. The third-order valence-corrected chi connectivity index (χ3v) is 10.0. The molecule has 4 heterocycles. The quantitative estimate of drug-likeness (QED) is 0.478. The molecule has 0 saturated heterocycles. The van der Waals surface area contributed by atoms with Gasteiger partial charge in [-0.25, -0.2) is 13.4 Å². The molecule has 10 nitrogen and oxygen atoms in total. The average Bonchev–Trinajstić information content (AvgIpc) is 3.51. The molecular weight excluding hydrogens is 540 g/mol. The van der Waals surface area contributed by atoms with Gasteiger partial charge in [0.15, 0.2) is 21.3 Å². The second kappa shape index (κ2) is 10.1. The van der Waals surface area contributed by atoms with Crippen molar-refractivity contribution in [3.63, 3.8) is 0 Å². The monoisotopic (exact) mass is 572 g/mol. The van der Waals surface area contributed by atoms with Crippen molar-refractivity contribution in [2.24, 2.45) is 16.6 Å². The number of carbonyl (C=O) groups is 2. The Balaban J connectivity index is 1.38. The number of aromatic nitrogens is 2. The van der Waals surface area contributed by atoms with Gasteiger partial charge in [0.1, 0.15) is 0 Å². The minimum Gasteiger partial charge on any atom is -0.369 e. The van der Waals surface area contributed by atoms with Crippen molar-refractivity contribution in [1.82, 2.24) is 19.8 Å². The molecule has 2 aromatic carbocycles. The number of guanidine groups is 1. The van der Waals surface area contributed by atoms with Crippen LogP contribution in [-0.4, -0.2) is 51.7 Å². The van der Waals surface area contributed by atoms with E-state index < -0.39 is 21.4 Å². The Kier molecular flexibility index (Phi) is 6.64. The van der Waals surface area contributed by atoms with E-state index >= 15 is 0 Å². The summed E-state index contributed by atoms with van der Waals surface area (Å²) in [6.45, 7) is 4.82. The van der Waals surface area contributed by atoms with E-state index in [0.717, 1.165) is 23.4 Å². The molecule has 0 unspecified atom stereocenters. The molecule has 3 aliphatic heterocycles. The minimum atomic E-state index is -3.61. The lowest BCUT2D eigenvalue weighted by atomic mass is 9.83. The van der Waals surface area contributed by atoms with Crippen LogP contribution in [0, 0.1) is 5.92 Å². The summed E-state index contributed by atoms with van der Waals surface area (Å²) in [4.78, 5) is 44.5. The molecule has 0 radical (unpaired) electrons. The van der Waals surface area contributed by atoms with Gasteiger partial charge in [0, 0.05) is 18.0 Å². The topological polar surface area (TPSA) is 139 Å². The SMILES string of the molecule is CC(C)CC[C@]1(c2ccccc2)N=C(N)N([C@@H]2CCS(=O)(=O)c3ccc(C(=O)N4Cc5nccnc5C4)cc32)C1=O. The zero-order valence-corrected chi connectivity index (χ0v) is 23.8. The highest BCUT2D eigenvalue weighted by molar-refractivity contribution is 7.91. The molecule has 41 heavy (non-hydrogen) atoms. The van der Waals surface area contributed by atoms with E-state index in [1.54, 1.807) is 23.4 Å². The predicted octanol–water partition coefficient (Wildman–Crippen LogP) is 3.34. The van der Waals surface area contributed by atoms with Crippen molar-refractivity contribution in [2.45, 2.75) is 62.7 Å². The van der Waals surface area contributed by atoms with Crippen LogP contribution < -0.4 is 5.73 Å². The molecular formula is C30H32N6O4S. The number of hydrogen-bond donors (Lipinski definition) is 1. The molecule has 2 amide bonds. The maximum atomic E-state index is 14.4. The van der Waals surface area contributed by atoms with E-state index in [2.05, 4.69) is 23.8 Å². The van der Waals surface area contributed by atoms with Gasteiger partial charge in [-0.2, -0.15) is 0 Å². The Hall–Kier alpha value is -4.12. The number of fused-ring (bicyclic) bond motifs is 2. The number of hydrogen-bond acceptors (Lipinski definition) is 8. The summed E-state index contributed by atoms with van der Waals surface area (Å²) in [7, 11) is -3.61. The Morgan fingerprint density at radius 1 is 1.07 bits per heavy atom. The van der Waals surface area contributed by atoms with Crippen LogP contribution in [0.4, 0.5) is 0 Å². The molecule has 0 aliphatic carbocycles. The maximum Gasteiger partial charge on any atom is 0.262 e. The summed E-state index contributed by atoms with van der Waals surface area (Å²) in [5.74, 6) is -0.287. The zero-order valence-electron chi connectivity index (χ0n) is 23.0. The van der Waals surface area contributed by atoms with E-state index in [1.807, 2.05) is 30.3 Å². The lowest BCUT2D eigenvalue weighted by Crippen LogP contribution is -2.46. The Labute approximate surface area is 239 Å². The summed E-state index contributed by atoms with van der Waals surface area (Å²) in [5, 5.41) is 0. The van der Waals surface area contributed by atoms with Crippen LogP contribution in [0.25, 0.3) is 0 Å². The van der Waals surface area contributed by atoms with Crippen LogP contribution in [0.15, 0.2) is 70.8 Å². The minimum absolute atomic E-state index is 0.0572. The summed E-state index contributed by atoms with van der Waals surface area (Å²) in [6, 6.07) is 13.3. The predicted molar refractivity (Wildman–Crippen MR) is 152 cm³/mol. The fourth-order valence-corrected chi connectivity index (χ4v) is 7.62. The lowest BCUT2D eigenvalue weighted by molar-refractivity contribution is -0.133. The molecule has 3 aromatic rings. The average molecular weight is 573 g/mol. The summed E-state index contributed by atoms with van der Waals surface area (Å²) >= 11 is 0. The van der Waals surface area contributed by atoms with E-state index in [0.29, 0.717) is 36.6 Å². The van der Waals surface area contributed by atoms with Crippen molar-refractivity contribution in [2.75, 3.05) is 5.75 Å². The third kappa shape index (κ3) is 4.57. The van der Waals surface area contributed by atoms with Gasteiger partial charge in [-0.05, 0) is 54.5 Å². The van der Waals surface area contributed by atoms with Gasteiger partial charge in [-0.15, -0.1) is 0 Å². The lowest BCUT2D eigenvalue weighted by Gasteiger charge is -2.35.